The summed E-state index contributed by atoms with van der Waals surface area (Å²) in [5.74, 6) is 0.415. The van der Waals surface area contributed by atoms with E-state index in [9.17, 15) is 9.59 Å². The number of rotatable bonds is 4. The van der Waals surface area contributed by atoms with Gasteiger partial charge in [-0.25, -0.2) is 0 Å². The number of aromatic nitrogens is 1. The molecule has 0 unspecified atom stereocenters. The Morgan fingerprint density at radius 1 is 1.08 bits per heavy atom. The molecule has 0 aliphatic carbocycles. The Morgan fingerprint density at radius 2 is 1.77 bits per heavy atom. The molecule has 1 N–H and O–H groups in total. The predicted molar refractivity (Wildman–Crippen MR) is 101 cm³/mol. The Morgan fingerprint density at radius 3 is 2.35 bits per heavy atom. The standard InChI is InChI=1S/C21H25N3O2/c1-15(2)16-5-7-17(8-6-16)20(25)23-19-9-12-24(13-10-19)21(26)18-4-3-11-22-14-18/h3-8,11,14-15,19H,9-10,12-13H2,1-2H3,(H,23,25). The van der Waals surface area contributed by atoms with Gasteiger partial charge < -0.3 is 10.2 Å². The molecule has 1 fully saturated rings. The number of nitrogens with one attached hydrogen (secondary N) is 1. The number of pyridine rings is 1. The third-order valence-electron chi connectivity index (χ3n) is 4.87. The zero-order valence-electron chi connectivity index (χ0n) is 15.3. The summed E-state index contributed by atoms with van der Waals surface area (Å²) in [6.07, 6.45) is 4.78. The van der Waals surface area contributed by atoms with Gasteiger partial charge in [0, 0.05) is 37.1 Å². The van der Waals surface area contributed by atoms with E-state index in [4.69, 9.17) is 0 Å². The van der Waals surface area contributed by atoms with E-state index in [2.05, 4.69) is 24.1 Å². The van der Waals surface area contributed by atoms with Crippen LogP contribution in [0.3, 0.4) is 0 Å². The van der Waals surface area contributed by atoms with Gasteiger partial charge in [-0.3, -0.25) is 14.6 Å². The van der Waals surface area contributed by atoms with E-state index in [0.717, 1.165) is 12.8 Å². The van der Waals surface area contributed by atoms with Crippen LogP contribution >= 0.6 is 0 Å². The lowest BCUT2D eigenvalue weighted by Gasteiger charge is -2.32. The van der Waals surface area contributed by atoms with Crippen LogP contribution in [0.2, 0.25) is 0 Å². The summed E-state index contributed by atoms with van der Waals surface area (Å²) in [4.78, 5) is 30.7. The minimum atomic E-state index is -0.0441. The first-order valence-corrected chi connectivity index (χ1v) is 9.14. The Hall–Kier alpha value is -2.69. The molecule has 26 heavy (non-hydrogen) atoms. The lowest BCUT2D eigenvalue weighted by atomic mass is 10.0. The molecule has 1 aliphatic heterocycles. The topological polar surface area (TPSA) is 62.3 Å². The van der Waals surface area contributed by atoms with Crippen molar-refractivity contribution in [1.82, 2.24) is 15.2 Å². The molecule has 2 amide bonds. The van der Waals surface area contributed by atoms with Crippen molar-refractivity contribution < 1.29 is 9.59 Å². The molecule has 0 atom stereocenters. The SMILES string of the molecule is CC(C)c1ccc(C(=O)NC2CCN(C(=O)c3cccnc3)CC2)cc1. The Kier molecular flexibility index (Phi) is 5.66. The van der Waals surface area contributed by atoms with E-state index in [1.807, 2.05) is 29.2 Å². The van der Waals surface area contributed by atoms with Crippen LogP contribution in [0.1, 0.15) is 58.9 Å². The van der Waals surface area contributed by atoms with Crippen LogP contribution in [-0.4, -0.2) is 40.8 Å². The molecule has 1 aromatic carbocycles. The molecule has 0 radical (unpaired) electrons. The van der Waals surface area contributed by atoms with E-state index < -0.39 is 0 Å². The molecule has 2 heterocycles. The molecule has 5 heteroatoms. The van der Waals surface area contributed by atoms with E-state index in [-0.39, 0.29) is 17.9 Å². The quantitative estimate of drug-likeness (QED) is 0.920. The average Bonchev–Trinajstić information content (AvgIpc) is 2.68. The molecule has 0 saturated carbocycles. The van der Waals surface area contributed by atoms with Crippen molar-refractivity contribution in [2.75, 3.05) is 13.1 Å². The molecule has 1 saturated heterocycles. The first kappa shape index (κ1) is 18.1. The summed E-state index contributed by atoms with van der Waals surface area (Å²) in [5.41, 5.74) is 2.52. The van der Waals surface area contributed by atoms with Crippen LogP contribution in [0.25, 0.3) is 0 Å². The average molecular weight is 351 g/mol. The third-order valence-corrected chi connectivity index (χ3v) is 4.87. The summed E-state index contributed by atoms with van der Waals surface area (Å²) in [6, 6.07) is 11.4. The molecule has 5 nitrogen and oxygen atoms in total. The summed E-state index contributed by atoms with van der Waals surface area (Å²) < 4.78 is 0. The van der Waals surface area contributed by atoms with Crippen LogP contribution in [-0.2, 0) is 0 Å². The van der Waals surface area contributed by atoms with Gasteiger partial charge in [0.2, 0.25) is 0 Å². The zero-order valence-corrected chi connectivity index (χ0v) is 15.3. The summed E-state index contributed by atoms with van der Waals surface area (Å²) in [6.45, 7) is 5.56. The van der Waals surface area contributed by atoms with Crippen LogP contribution in [0, 0.1) is 0 Å². The molecule has 136 valence electrons. The second-order valence-electron chi connectivity index (χ2n) is 7.06. The van der Waals surface area contributed by atoms with Crippen molar-refractivity contribution in [2.24, 2.45) is 0 Å². The minimum absolute atomic E-state index is 0.00662. The van der Waals surface area contributed by atoms with Gasteiger partial charge in [0.05, 0.1) is 5.56 Å². The number of benzene rings is 1. The lowest BCUT2D eigenvalue weighted by Crippen LogP contribution is -2.46. The maximum Gasteiger partial charge on any atom is 0.255 e. The van der Waals surface area contributed by atoms with E-state index >= 15 is 0 Å². The van der Waals surface area contributed by atoms with E-state index in [0.29, 0.717) is 30.1 Å². The Labute approximate surface area is 154 Å². The summed E-state index contributed by atoms with van der Waals surface area (Å²) in [7, 11) is 0. The smallest absolute Gasteiger partial charge is 0.255 e. The van der Waals surface area contributed by atoms with Gasteiger partial charge in [-0.2, -0.15) is 0 Å². The molecule has 1 aliphatic rings. The number of hydrogen-bond acceptors (Lipinski definition) is 3. The van der Waals surface area contributed by atoms with Gasteiger partial charge in [-0.1, -0.05) is 26.0 Å². The summed E-state index contributed by atoms with van der Waals surface area (Å²) in [5, 5.41) is 3.09. The van der Waals surface area contributed by atoms with Gasteiger partial charge in [0.1, 0.15) is 0 Å². The highest BCUT2D eigenvalue weighted by Crippen LogP contribution is 2.16. The van der Waals surface area contributed by atoms with Crippen molar-refractivity contribution in [1.29, 1.82) is 0 Å². The highest BCUT2D eigenvalue weighted by atomic mass is 16.2. The third kappa shape index (κ3) is 4.28. The van der Waals surface area contributed by atoms with Gasteiger partial charge in [-0.05, 0) is 48.6 Å². The van der Waals surface area contributed by atoms with Crippen LogP contribution in [0.5, 0.6) is 0 Å². The highest BCUT2D eigenvalue weighted by molar-refractivity contribution is 5.95. The Balaban J connectivity index is 1.52. The fourth-order valence-electron chi connectivity index (χ4n) is 3.19. The monoisotopic (exact) mass is 351 g/mol. The van der Waals surface area contributed by atoms with Crippen molar-refractivity contribution in [3.05, 3.63) is 65.5 Å². The largest absolute Gasteiger partial charge is 0.349 e. The molecule has 0 spiro atoms. The number of carbonyl (C=O) groups is 2. The highest BCUT2D eigenvalue weighted by Gasteiger charge is 2.25. The van der Waals surface area contributed by atoms with Gasteiger partial charge in [0.15, 0.2) is 0 Å². The minimum Gasteiger partial charge on any atom is -0.349 e. The molecular weight excluding hydrogens is 326 g/mol. The maximum atomic E-state index is 12.4. The van der Waals surface area contributed by atoms with Gasteiger partial charge >= 0.3 is 0 Å². The van der Waals surface area contributed by atoms with E-state index in [1.165, 1.54) is 5.56 Å². The van der Waals surface area contributed by atoms with Crippen LogP contribution < -0.4 is 5.32 Å². The number of piperidine rings is 1. The number of nitrogens with zero attached hydrogens (tertiary/aromatic N) is 2. The van der Waals surface area contributed by atoms with Crippen molar-refractivity contribution in [2.45, 2.75) is 38.6 Å². The number of likely N-dealkylation sites (tertiary alicyclic amines) is 1. The maximum absolute atomic E-state index is 12.4. The molecule has 3 rings (SSSR count). The molecule has 2 aromatic rings. The normalized spacial score (nSPS) is 15.1. The number of hydrogen-bond donors (Lipinski definition) is 1. The fraction of sp³-hybridized carbons (Fsp3) is 0.381. The first-order valence-electron chi connectivity index (χ1n) is 9.14. The fourth-order valence-corrected chi connectivity index (χ4v) is 3.19. The van der Waals surface area contributed by atoms with Crippen molar-refractivity contribution in [3.63, 3.8) is 0 Å². The zero-order chi connectivity index (χ0) is 18.5. The van der Waals surface area contributed by atoms with Crippen molar-refractivity contribution >= 4 is 11.8 Å². The van der Waals surface area contributed by atoms with Crippen LogP contribution in [0.4, 0.5) is 0 Å². The van der Waals surface area contributed by atoms with Crippen LogP contribution in [0.15, 0.2) is 48.8 Å². The number of carbonyl (C=O) groups excluding carboxylic acids is 2. The van der Waals surface area contributed by atoms with Gasteiger partial charge in [-0.15, -0.1) is 0 Å². The van der Waals surface area contributed by atoms with E-state index in [1.54, 1.807) is 24.5 Å². The Bertz CT molecular complexity index is 749. The van der Waals surface area contributed by atoms with Gasteiger partial charge in [0.25, 0.3) is 11.8 Å². The second kappa shape index (κ2) is 8.13. The number of amides is 2. The molecule has 0 bridgehead atoms. The molecular formula is C21H25N3O2. The second-order valence-corrected chi connectivity index (χ2v) is 7.06. The van der Waals surface area contributed by atoms with Crippen molar-refractivity contribution in [3.8, 4) is 0 Å². The lowest BCUT2D eigenvalue weighted by molar-refractivity contribution is 0.0697. The molecule has 1 aromatic heterocycles. The first-order chi connectivity index (χ1) is 12.5. The summed E-state index contributed by atoms with van der Waals surface area (Å²) >= 11 is 0. The predicted octanol–water partition coefficient (Wildman–Crippen LogP) is 3.24.